The van der Waals surface area contributed by atoms with E-state index < -0.39 is 17.7 Å². The maximum atomic E-state index is 12.7. The van der Waals surface area contributed by atoms with Gasteiger partial charge in [-0.2, -0.15) is 18.3 Å². The van der Waals surface area contributed by atoms with E-state index in [1.165, 1.54) is 16.8 Å². The van der Waals surface area contributed by atoms with Gasteiger partial charge in [0.15, 0.2) is 5.69 Å². The van der Waals surface area contributed by atoms with Crippen molar-refractivity contribution >= 4 is 5.97 Å². The van der Waals surface area contributed by atoms with E-state index in [0.717, 1.165) is 49.1 Å². The first kappa shape index (κ1) is 15.2. The number of carboxylic acid groups (broad SMARTS) is 1. The van der Waals surface area contributed by atoms with E-state index in [1.807, 2.05) is 0 Å². The van der Waals surface area contributed by atoms with Crippen LogP contribution in [0, 0.1) is 0 Å². The quantitative estimate of drug-likeness (QED) is 0.887. The molecule has 0 saturated heterocycles. The van der Waals surface area contributed by atoms with Crippen molar-refractivity contribution < 1.29 is 23.1 Å². The predicted molar refractivity (Wildman–Crippen MR) is 79.5 cm³/mol. The second-order valence-electron chi connectivity index (χ2n) is 6.46. The molecule has 2 bridgehead atoms. The molecule has 126 valence electrons. The molecule has 0 atom stereocenters. The Bertz CT molecular complexity index is 800. The Morgan fingerprint density at radius 1 is 1.08 bits per heavy atom. The highest BCUT2D eigenvalue weighted by atomic mass is 19.4. The molecule has 1 fully saturated rings. The third-order valence-corrected chi connectivity index (χ3v) is 5.12. The second kappa shape index (κ2) is 5.09. The maximum absolute atomic E-state index is 12.7. The number of rotatable bonds is 2. The van der Waals surface area contributed by atoms with Crippen LogP contribution in [-0.2, 0) is 6.18 Å². The fourth-order valence-electron chi connectivity index (χ4n) is 4.04. The number of aromatic nitrogens is 2. The average molecular weight is 336 g/mol. The molecule has 0 aliphatic heterocycles. The normalized spacial score (nSPS) is 22.5. The van der Waals surface area contributed by atoms with Gasteiger partial charge in [-0.25, -0.2) is 9.48 Å². The molecule has 1 N–H and O–H groups in total. The van der Waals surface area contributed by atoms with E-state index in [4.69, 9.17) is 0 Å². The minimum atomic E-state index is -4.40. The first-order chi connectivity index (χ1) is 11.4. The lowest BCUT2D eigenvalue weighted by atomic mass is 9.69. The fraction of sp³-hybridized carbons (Fsp3) is 0.412. The molecule has 7 heteroatoms. The Morgan fingerprint density at radius 3 is 2.21 bits per heavy atom. The van der Waals surface area contributed by atoms with Crippen LogP contribution in [0.5, 0.6) is 0 Å². The average Bonchev–Trinajstić information content (AvgIpc) is 2.98. The summed E-state index contributed by atoms with van der Waals surface area (Å²) < 4.78 is 39.7. The molecule has 0 spiro atoms. The summed E-state index contributed by atoms with van der Waals surface area (Å²) in [6.45, 7) is 0. The monoisotopic (exact) mass is 336 g/mol. The molecule has 1 heterocycles. The van der Waals surface area contributed by atoms with Gasteiger partial charge in [0.25, 0.3) is 0 Å². The number of hydrogen-bond acceptors (Lipinski definition) is 2. The molecule has 4 nitrogen and oxygen atoms in total. The van der Waals surface area contributed by atoms with Crippen molar-refractivity contribution in [2.45, 2.75) is 43.7 Å². The minimum absolute atomic E-state index is 0.0410. The van der Waals surface area contributed by atoms with Gasteiger partial charge in [0.1, 0.15) is 0 Å². The molecule has 0 amide bonds. The SMILES string of the molecule is O=C(O)c1nn(-c2ccc(C(F)(F)F)cc2)c2c1C1CCC2CC1. The molecule has 3 aliphatic rings. The zero-order chi connectivity index (χ0) is 17.1. The second-order valence-corrected chi connectivity index (χ2v) is 6.46. The van der Waals surface area contributed by atoms with E-state index in [9.17, 15) is 23.1 Å². The van der Waals surface area contributed by atoms with Crippen molar-refractivity contribution in [1.29, 1.82) is 0 Å². The summed E-state index contributed by atoms with van der Waals surface area (Å²) in [5, 5.41) is 13.7. The van der Waals surface area contributed by atoms with Crippen molar-refractivity contribution in [3.05, 3.63) is 46.8 Å². The van der Waals surface area contributed by atoms with Crippen LogP contribution in [0.2, 0.25) is 0 Å². The number of fused-ring (bicyclic) bond motifs is 2. The van der Waals surface area contributed by atoms with E-state index in [-0.39, 0.29) is 17.5 Å². The van der Waals surface area contributed by atoms with Gasteiger partial charge in [0, 0.05) is 11.5 Å². The highest BCUT2D eigenvalue weighted by Crippen LogP contribution is 2.51. The number of hydrogen-bond donors (Lipinski definition) is 1. The number of halogens is 3. The minimum Gasteiger partial charge on any atom is -0.476 e. The van der Waals surface area contributed by atoms with E-state index >= 15 is 0 Å². The summed E-state index contributed by atoms with van der Waals surface area (Å²) in [6.07, 6.45) is -0.535. The van der Waals surface area contributed by atoms with E-state index in [2.05, 4.69) is 5.10 Å². The summed E-state index contributed by atoms with van der Waals surface area (Å²) in [5.74, 6) is -0.656. The van der Waals surface area contributed by atoms with Gasteiger partial charge in [0.05, 0.1) is 16.9 Å². The number of alkyl halides is 3. The molecule has 5 rings (SSSR count). The molecule has 0 radical (unpaired) electrons. The van der Waals surface area contributed by atoms with Crippen LogP contribution in [0.3, 0.4) is 0 Å². The molecular formula is C17H15F3N2O2. The number of carboxylic acids is 1. The highest BCUT2D eigenvalue weighted by molar-refractivity contribution is 5.88. The van der Waals surface area contributed by atoms with Gasteiger partial charge in [0.2, 0.25) is 0 Å². The Balaban J connectivity index is 1.85. The summed E-state index contributed by atoms with van der Waals surface area (Å²) >= 11 is 0. The number of carbonyl (C=O) groups is 1. The molecule has 1 aromatic carbocycles. The number of nitrogens with zero attached hydrogens (tertiary/aromatic N) is 2. The highest BCUT2D eigenvalue weighted by Gasteiger charge is 2.40. The van der Waals surface area contributed by atoms with Gasteiger partial charge in [-0.3, -0.25) is 0 Å². The Labute approximate surface area is 135 Å². The van der Waals surface area contributed by atoms with Crippen molar-refractivity contribution in [1.82, 2.24) is 9.78 Å². The van der Waals surface area contributed by atoms with Crippen LogP contribution in [0.25, 0.3) is 5.69 Å². The van der Waals surface area contributed by atoms with Gasteiger partial charge >= 0.3 is 12.1 Å². The molecule has 2 aromatic rings. The lowest BCUT2D eigenvalue weighted by Crippen LogP contribution is -2.24. The molecule has 3 aliphatic carbocycles. The first-order valence-electron chi connectivity index (χ1n) is 7.90. The van der Waals surface area contributed by atoms with Crippen LogP contribution in [0.1, 0.15) is 64.8 Å². The van der Waals surface area contributed by atoms with E-state index in [0.29, 0.717) is 5.69 Å². The van der Waals surface area contributed by atoms with Crippen molar-refractivity contribution in [3.8, 4) is 5.69 Å². The van der Waals surface area contributed by atoms with Crippen LogP contribution in [-0.4, -0.2) is 20.9 Å². The third kappa shape index (κ3) is 2.22. The molecule has 1 aromatic heterocycles. The van der Waals surface area contributed by atoms with Gasteiger partial charge in [-0.05, 0) is 55.9 Å². The lowest BCUT2D eigenvalue weighted by Gasteiger charge is -2.36. The van der Waals surface area contributed by atoms with Crippen LogP contribution in [0.15, 0.2) is 24.3 Å². The van der Waals surface area contributed by atoms with Crippen molar-refractivity contribution in [2.24, 2.45) is 0 Å². The topological polar surface area (TPSA) is 55.1 Å². The van der Waals surface area contributed by atoms with Gasteiger partial charge in [-0.15, -0.1) is 0 Å². The Hall–Kier alpha value is -2.31. The fourth-order valence-corrected chi connectivity index (χ4v) is 4.04. The standard InChI is InChI=1S/C17H15F3N2O2/c18-17(19,20)11-5-7-12(8-6-11)22-15-10-3-1-9(2-4-10)13(15)14(21-22)16(23)24/h5-10H,1-4H2,(H,23,24). The van der Waals surface area contributed by atoms with Crippen LogP contribution < -0.4 is 0 Å². The summed E-state index contributed by atoms with van der Waals surface area (Å²) in [6, 6.07) is 4.71. The maximum Gasteiger partial charge on any atom is 0.416 e. The summed E-state index contributed by atoms with van der Waals surface area (Å²) in [7, 11) is 0. The summed E-state index contributed by atoms with van der Waals surface area (Å²) in [5.41, 5.74) is 1.44. The smallest absolute Gasteiger partial charge is 0.416 e. The number of benzene rings is 1. The Kier molecular flexibility index (Phi) is 3.23. The third-order valence-electron chi connectivity index (χ3n) is 5.12. The van der Waals surface area contributed by atoms with Crippen LogP contribution in [0.4, 0.5) is 13.2 Å². The molecule has 24 heavy (non-hydrogen) atoms. The van der Waals surface area contributed by atoms with Gasteiger partial charge in [-0.1, -0.05) is 0 Å². The summed E-state index contributed by atoms with van der Waals surface area (Å²) in [4.78, 5) is 11.6. The lowest BCUT2D eigenvalue weighted by molar-refractivity contribution is -0.137. The largest absolute Gasteiger partial charge is 0.476 e. The van der Waals surface area contributed by atoms with Crippen molar-refractivity contribution in [3.63, 3.8) is 0 Å². The van der Waals surface area contributed by atoms with Crippen LogP contribution >= 0.6 is 0 Å². The van der Waals surface area contributed by atoms with Gasteiger partial charge < -0.3 is 5.11 Å². The first-order valence-corrected chi connectivity index (χ1v) is 7.90. The molecule has 0 unspecified atom stereocenters. The Morgan fingerprint density at radius 2 is 1.67 bits per heavy atom. The van der Waals surface area contributed by atoms with Crippen molar-refractivity contribution in [2.75, 3.05) is 0 Å². The molecule has 1 saturated carbocycles. The predicted octanol–water partition coefficient (Wildman–Crippen LogP) is 4.34. The zero-order valence-electron chi connectivity index (χ0n) is 12.7. The number of aromatic carboxylic acids is 1. The zero-order valence-corrected chi connectivity index (χ0v) is 12.7. The molecular weight excluding hydrogens is 321 g/mol. The van der Waals surface area contributed by atoms with E-state index in [1.54, 1.807) is 0 Å².